The van der Waals surface area contributed by atoms with Crippen molar-refractivity contribution in [3.05, 3.63) is 51.3 Å². The minimum Gasteiger partial charge on any atom is -0.480 e. The van der Waals surface area contributed by atoms with Crippen molar-refractivity contribution < 1.29 is 13.5 Å². The second-order valence-corrected chi connectivity index (χ2v) is 5.09. The molecule has 1 saturated carbocycles. The zero-order chi connectivity index (χ0) is 16.8. The van der Waals surface area contributed by atoms with Gasteiger partial charge in [0, 0.05) is 11.8 Å². The molecule has 120 valence electrons. The maximum atomic E-state index is 13.8. The number of methoxy groups -OCH3 is 1. The van der Waals surface area contributed by atoms with Crippen molar-refractivity contribution in [1.29, 1.82) is 0 Å². The molecule has 9 heteroatoms. The molecule has 0 aromatic carbocycles. The third-order valence-electron chi connectivity index (χ3n) is 3.77. The zero-order valence-corrected chi connectivity index (χ0v) is 12.0. The fraction of sp³-hybridized carbons (Fsp3) is 0.286. The van der Waals surface area contributed by atoms with Gasteiger partial charge in [-0.3, -0.25) is 9.78 Å². The predicted molar refractivity (Wildman–Crippen MR) is 76.6 cm³/mol. The average Bonchev–Trinajstić information content (AvgIpc) is 3.07. The molecule has 0 bridgehead atoms. The lowest BCUT2D eigenvalue weighted by Crippen LogP contribution is -2.23. The van der Waals surface area contributed by atoms with E-state index in [0.29, 0.717) is 0 Å². The number of ether oxygens (including phenoxy) is 1. The Morgan fingerprint density at radius 2 is 2.13 bits per heavy atom. The number of aromatic amines is 2. The van der Waals surface area contributed by atoms with E-state index in [1.807, 2.05) is 4.98 Å². The Morgan fingerprint density at radius 3 is 2.70 bits per heavy atom. The van der Waals surface area contributed by atoms with Gasteiger partial charge in [0.05, 0.1) is 24.5 Å². The number of nitrogens with one attached hydrogen (secondary N) is 2. The molecule has 0 saturated heterocycles. The minimum atomic E-state index is -2.95. The predicted octanol–water partition coefficient (Wildman–Crippen LogP) is 1.06. The normalized spacial score (nSPS) is 21.7. The van der Waals surface area contributed by atoms with Crippen LogP contribution in [0.25, 0.3) is 11.3 Å². The number of hydrogen-bond donors (Lipinski definition) is 2. The SMILES string of the molecule is C=C[C@@H]1[C@@H](c2cc(-c3c[nH]c(=O)[nH]c3=O)nnc2OC)C1(F)F. The van der Waals surface area contributed by atoms with Gasteiger partial charge in [0.2, 0.25) is 5.88 Å². The van der Waals surface area contributed by atoms with Gasteiger partial charge in [0.25, 0.3) is 11.5 Å². The Hall–Kier alpha value is -2.84. The highest BCUT2D eigenvalue weighted by Gasteiger charge is 2.68. The Labute approximate surface area is 128 Å². The van der Waals surface area contributed by atoms with Gasteiger partial charge < -0.3 is 9.72 Å². The van der Waals surface area contributed by atoms with Gasteiger partial charge in [-0.2, -0.15) is 0 Å². The smallest absolute Gasteiger partial charge is 0.325 e. The van der Waals surface area contributed by atoms with Crippen LogP contribution in [0, 0.1) is 5.92 Å². The van der Waals surface area contributed by atoms with Crippen LogP contribution < -0.4 is 16.0 Å². The molecule has 0 amide bonds. The summed E-state index contributed by atoms with van der Waals surface area (Å²) in [7, 11) is 1.30. The van der Waals surface area contributed by atoms with E-state index < -0.39 is 29.0 Å². The summed E-state index contributed by atoms with van der Waals surface area (Å²) in [6, 6.07) is 1.32. The number of alkyl halides is 2. The molecule has 1 aliphatic carbocycles. The number of H-pyrrole nitrogens is 2. The van der Waals surface area contributed by atoms with Crippen LogP contribution in [0.5, 0.6) is 5.88 Å². The second kappa shape index (κ2) is 5.11. The van der Waals surface area contributed by atoms with Gasteiger partial charge in [0.1, 0.15) is 5.69 Å². The maximum Gasteiger partial charge on any atom is 0.325 e. The summed E-state index contributed by atoms with van der Waals surface area (Å²) in [5, 5.41) is 7.54. The van der Waals surface area contributed by atoms with Crippen LogP contribution >= 0.6 is 0 Å². The van der Waals surface area contributed by atoms with Crippen LogP contribution in [0.2, 0.25) is 0 Å². The maximum absolute atomic E-state index is 13.8. The third kappa shape index (κ3) is 2.33. The van der Waals surface area contributed by atoms with E-state index in [2.05, 4.69) is 21.8 Å². The number of aromatic nitrogens is 4. The number of halogens is 2. The summed E-state index contributed by atoms with van der Waals surface area (Å²) in [4.78, 5) is 27.2. The molecule has 0 unspecified atom stereocenters. The van der Waals surface area contributed by atoms with Crippen molar-refractivity contribution in [3.63, 3.8) is 0 Å². The van der Waals surface area contributed by atoms with Crippen LogP contribution in [0.15, 0.2) is 34.5 Å². The van der Waals surface area contributed by atoms with Crippen molar-refractivity contribution in [2.45, 2.75) is 11.8 Å². The van der Waals surface area contributed by atoms with Gasteiger partial charge in [-0.15, -0.1) is 16.8 Å². The molecule has 2 heterocycles. The van der Waals surface area contributed by atoms with Crippen molar-refractivity contribution in [3.8, 4) is 17.1 Å². The zero-order valence-electron chi connectivity index (χ0n) is 12.0. The van der Waals surface area contributed by atoms with Gasteiger partial charge in [-0.1, -0.05) is 6.08 Å². The van der Waals surface area contributed by atoms with Crippen LogP contribution in [-0.4, -0.2) is 33.2 Å². The van der Waals surface area contributed by atoms with E-state index in [-0.39, 0.29) is 22.7 Å². The third-order valence-corrected chi connectivity index (χ3v) is 3.77. The second-order valence-electron chi connectivity index (χ2n) is 5.09. The lowest BCUT2D eigenvalue weighted by Gasteiger charge is -2.07. The molecule has 7 nitrogen and oxygen atoms in total. The topological polar surface area (TPSA) is 101 Å². The van der Waals surface area contributed by atoms with Crippen LogP contribution in [0.4, 0.5) is 8.78 Å². The summed E-state index contributed by atoms with van der Waals surface area (Å²) < 4.78 is 32.7. The summed E-state index contributed by atoms with van der Waals surface area (Å²) in [6.45, 7) is 3.40. The van der Waals surface area contributed by atoms with E-state index >= 15 is 0 Å². The molecule has 1 fully saturated rings. The molecule has 0 spiro atoms. The number of allylic oxidation sites excluding steroid dienone is 1. The summed E-state index contributed by atoms with van der Waals surface area (Å²) >= 11 is 0. The fourth-order valence-corrected chi connectivity index (χ4v) is 2.55. The van der Waals surface area contributed by atoms with E-state index in [9.17, 15) is 18.4 Å². The molecular formula is C14H12F2N4O3. The van der Waals surface area contributed by atoms with E-state index in [0.717, 1.165) is 6.20 Å². The molecule has 2 aromatic rings. The Kier molecular flexibility index (Phi) is 3.35. The van der Waals surface area contributed by atoms with Gasteiger partial charge >= 0.3 is 5.69 Å². The van der Waals surface area contributed by atoms with E-state index in [1.54, 1.807) is 0 Å². The number of hydrogen-bond acceptors (Lipinski definition) is 5. The Balaban J connectivity index is 2.12. The minimum absolute atomic E-state index is 0.0140. The quantitative estimate of drug-likeness (QED) is 0.820. The first-order valence-electron chi connectivity index (χ1n) is 6.64. The van der Waals surface area contributed by atoms with Crippen molar-refractivity contribution in [1.82, 2.24) is 20.2 Å². The van der Waals surface area contributed by atoms with Crippen molar-refractivity contribution >= 4 is 0 Å². The van der Waals surface area contributed by atoms with Crippen molar-refractivity contribution in [2.75, 3.05) is 7.11 Å². The average molecular weight is 322 g/mol. The molecule has 0 radical (unpaired) electrons. The fourth-order valence-electron chi connectivity index (χ4n) is 2.55. The monoisotopic (exact) mass is 322 g/mol. The number of nitrogens with zero attached hydrogens (tertiary/aromatic N) is 2. The number of rotatable bonds is 4. The van der Waals surface area contributed by atoms with Crippen LogP contribution in [0.1, 0.15) is 11.5 Å². The molecular weight excluding hydrogens is 310 g/mol. The van der Waals surface area contributed by atoms with Crippen LogP contribution in [0.3, 0.4) is 0 Å². The molecule has 2 N–H and O–H groups in total. The van der Waals surface area contributed by atoms with Crippen LogP contribution in [-0.2, 0) is 0 Å². The Morgan fingerprint density at radius 1 is 1.39 bits per heavy atom. The molecule has 1 aliphatic rings. The highest BCUT2D eigenvalue weighted by Crippen LogP contribution is 2.63. The first kappa shape index (κ1) is 15.1. The largest absolute Gasteiger partial charge is 0.480 e. The van der Waals surface area contributed by atoms with Gasteiger partial charge in [-0.25, -0.2) is 13.6 Å². The molecule has 2 aromatic heterocycles. The lowest BCUT2D eigenvalue weighted by atomic mass is 10.1. The lowest BCUT2D eigenvalue weighted by molar-refractivity contribution is 0.100. The summed E-state index contributed by atoms with van der Waals surface area (Å²) in [5.74, 6) is -5.15. The summed E-state index contributed by atoms with van der Waals surface area (Å²) in [6.07, 6.45) is 2.33. The van der Waals surface area contributed by atoms with Gasteiger partial charge in [-0.05, 0) is 6.07 Å². The first-order valence-corrected chi connectivity index (χ1v) is 6.64. The molecule has 0 aliphatic heterocycles. The highest BCUT2D eigenvalue weighted by atomic mass is 19.3. The van der Waals surface area contributed by atoms with E-state index in [4.69, 9.17) is 4.74 Å². The molecule has 3 rings (SSSR count). The molecule has 2 atom stereocenters. The first-order chi connectivity index (χ1) is 10.9. The highest BCUT2D eigenvalue weighted by molar-refractivity contribution is 5.59. The Bertz CT molecular complexity index is 890. The van der Waals surface area contributed by atoms with Gasteiger partial charge in [0.15, 0.2) is 0 Å². The van der Waals surface area contributed by atoms with Crippen molar-refractivity contribution in [2.24, 2.45) is 5.92 Å². The molecule has 23 heavy (non-hydrogen) atoms. The summed E-state index contributed by atoms with van der Waals surface area (Å²) in [5.41, 5.74) is -1.16. The van der Waals surface area contributed by atoms with E-state index in [1.165, 1.54) is 19.3 Å². The standard InChI is InChI=1S/C14H12F2N4O3/c1-3-8-10(14(8,15)16)6-4-9(19-20-12(6)23-2)7-5-17-13(22)18-11(7)21/h3-5,8,10H,1H2,2H3,(H2,17,18,21,22)/t8-,10-/m1/s1.